The second kappa shape index (κ2) is 9.29. The third-order valence-corrected chi connectivity index (χ3v) is 4.67. The molecule has 0 spiro atoms. The molecule has 0 saturated carbocycles. The van der Waals surface area contributed by atoms with Gasteiger partial charge in [-0.05, 0) is 39.7 Å². The minimum absolute atomic E-state index is 0.0478. The van der Waals surface area contributed by atoms with E-state index in [0.717, 1.165) is 11.3 Å². The molecule has 0 aliphatic rings. The molecule has 0 aliphatic carbocycles. The molecule has 2 aromatic carbocycles. The minimum Gasteiger partial charge on any atom is -0.468 e. The van der Waals surface area contributed by atoms with Gasteiger partial charge in [-0.3, -0.25) is 19.8 Å². The lowest BCUT2D eigenvalue weighted by molar-refractivity contribution is -0.384. The van der Waals surface area contributed by atoms with Crippen molar-refractivity contribution in [2.24, 2.45) is 0 Å². The molecule has 1 N–H and O–H groups in total. The van der Waals surface area contributed by atoms with Crippen LogP contribution in [0.2, 0.25) is 0 Å². The molecule has 0 unspecified atom stereocenters. The normalized spacial score (nSPS) is 10.8. The molecule has 3 rings (SSSR count). The molecule has 0 bridgehead atoms. The van der Waals surface area contributed by atoms with Gasteiger partial charge in [0.1, 0.15) is 5.76 Å². The molecule has 8 heteroatoms. The van der Waals surface area contributed by atoms with Gasteiger partial charge < -0.3 is 9.73 Å². The quantitative estimate of drug-likeness (QED) is 0.406. The van der Waals surface area contributed by atoms with Crippen LogP contribution in [0.3, 0.4) is 0 Å². The lowest BCUT2D eigenvalue weighted by atomic mass is 10.2. The third kappa shape index (κ3) is 5.51. The number of rotatable bonds is 8. The van der Waals surface area contributed by atoms with E-state index in [9.17, 15) is 14.9 Å². The van der Waals surface area contributed by atoms with E-state index in [4.69, 9.17) is 4.42 Å². The van der Waals surface area contributed by atoms with E-state index in [1.54, 1.807) is 6.26 Å². The lowest BCUT2D eigenvalue weighted by Gasteiger charge is -2.21. The highest BCUT2D eigenvalue weighted by Crippen LogP contribution is 2.27. The lowest BCUT2D eigenvalue weighted by Crippen LogP contribution is -2.32. The minimum atomic E-state index is -0.485. The van der Waals surface area contributed by atoms with Crippen molar-refractivity contribution in [3.8, 4) is 0 Å². The molecule has 0 saturated heterocycles. The van der Waals surface area contributed by atoms with Crippen molar-refractivity contribution in [1.29, 1.82) is 0 Å². The second-order valence-corrected chi connectivity index (χ2v) is 7.03. The van der Waals surface area contributed by atoms with Crippen LogP contribution in [0.1, 0.15) is 11.3 Å². The van der Waals surface area contributed by atoms with Crippen LogP contribution >= 0.6 is 15.9 Å². The average Bonchev–Trinajstić information content (AvgIpc) is 3.17. The van der Waals surface area contributed by atoms with E-state index in [2.05, 4.69) is 21.2 Å². The molecule has 0 aliphatic heterocycles. The number of nitrogens with zero attached hydrogens (tertiary/aromatic N) is 2. The number of carbonyl (C=O) groups is 1. The SMILES string of the molecule is O=C(CN(Cc1ccccc1)Cc1ccco1)Nc1ccc([N+](=O)[O-])cc1Br. The zero-order valence-electron chi connectivity index (χ0n) is 14.9. The largest absolute Gasteiger partial charge is 0.468 e. The molecule has 28 heavy (non-hydrogen) atoms. The highest BCUT2D eigenvalue weighted by atomic mass is 79.9. The summed E-state index contributed by atoms with van der Waals surface area (Å²) in [5, 5.41) is 13.6. The molecule has 7 nitrogen and oxygen atoms in total. The van der Waals surface area contributed by atoms with Crippen molar-refractivity contribution in [2.75, 3.05) is 11.9 Å². The first-order valence-corrected chi connectivity index (χ1v) is 9.33. The van der Waals surface area contributed by atoms with E-state index >= 15 is 0 Å². The summed E-state index contributed by atoms with van der Waals surface area (Å²) in [6, 6.07) is 17.7. The summed E-state index contributed by atoms with van der Waals surface area (Å²) in [4.78, 5) is 24.9. The Morgan fingerprint density at radius 2 is 1.89 bits per heavy atom. The van der Waals surface area contributed by atoms with E-state index < -0.39 is 4.92 Å². The number of benzene rings is 2. The van der Waals surface area contributed by atoms with E-state index in [1.807, 2.05) is 47.4 Å². The number of halogens is 1. The van der Waals surface area contributed by atoms with Crippen molar-refractivity contribution in [3.63, 3.8) is 0 Å². The number of hydrogen-bond donors (Lipinski definition) is 1. The van der Waals surface area contributed by atoms with Crippen molar-refractivity contribution in [2.45, 2.75) is 13.1 Å². The van der Waals surface area contributed by atoms with Crippen molar-refractivity contribution in [1.82, 2.24) is 4.90 Å². The van der Waals surface area contributed by atoms with Gasteiger partial charge in [0.15, 0.2) is 0 Å². The third-order valence-electron chi connectivity index (χ3n) is 4.01. The molecule has 3 aromatic rings. The Labute approximate surface area is 170 Å². The Kier molecular flexibility index (Phi) is 6.57. The van der Waals surface area contributed by atoms with Crippen molar-refractivity contribution in [3.05, 3.63) is 92.8 Å². The summed E-state index contributed by atoms with van der Waals surface area (Å²) in [5.74, 6) is 0.539. The van der Waals surface area contributed by atoms with Gasteiger partial charge in [0.05, 0.1) is 30.0 Å². The number of nitrogens with one attached hydrogen (secondary N) is 1. The van der Waals surface area contributed by atoms with Crippen LogP contribution in [-0.2, 0) is 17.9 Å². The highest BCUT2D eigenvalue weighted by molar-refractivity contribution is 9.10. The zero-order chi connectivity index (χ0) is 19.9. The standard InChI is InChI=1S/C20H18BrN3O4/c21-18-11-16(24(26)27)8-9-19(18)22-20(25)14-23(13-17-7-4-10-28-17)12-15-5-2-1-3-6-15/h1-11H,12-14H2,(H,22,25). The second-order valence-electron chi connectivity index (χ2n) is 6.18. The molecular formula is C20H18BrN3O4. The topological polar surface area (TPSA) is 88.6 Å². The van der Waals surface area contributed by atoms with E-state index in [-0.39, 0.29) is 18.1 Å². The predicted octanol–water partition coefficient (Wildman–Crippen LogP) is 4.59. The maximum atomic E-state index is 12.6. The van der Waals surface area contributed by atoms with Crippen LogP contribution in [0.15, 0.2) is 75.8 Å². The van der Waals surface area contributed by atoms with E-state index in [1.165, 1.54) is 18.2 Å². The maximum absolute atomic E-state index is 12.6. The maximum Gasteiger partial charge on any atom is 0.270 e. The number of hydrogen-bond acceptors (Lipinski definition) is 5. The smallest absolute Gasteiger partial charge is 0.270 e. The Balaban J connectivity index is 1.69. The Morgan fingerprint density at radius 3 is 2.54 bits per heavy atom. The number of nitro groups is 1. The molecule has 0 radical (unpaired) electrons. The van der Waals surface area contributed by atoms with Crippen molar-refractivity contribution >= 4 is 33.2 Å². The van der Waals surface area contributed by atoms with Gasteiger partial charge >= 0.3 is 0 Å². The Bertz CT molecular complexity index is 945. The van der Waals surface area contributed by atoms with Gasteiger partial charge in [-0.15, -0.1) is 0 Å². The summed E-state index contributed by atoms with van der Waals surface area (Å²) in [6.07, 6.45) is 1.60. The molecule has 0 atom stereocenters. The molecule has 0 fully saturated rings. The molecule has 1 heterocycles. The summed E-state index contributed by atoms with van der Waals surface area (Å²) in [6.45, 7) is 1.20. The fraction of sp³-hybridized carbons (Fsp3) is 0.150. The monoisotopic (exact) mass is 443 g/mol. The number of nitro benzene ring substituents is 1. The van der Waals surface area contributed by atoms with Gasteiger partial charge in [-0.25, -0.2) is 0 Å². The van der Waals surface area contributed by atoms with Gasteiger partial charge in [-0.1, -0.05) is 30.3 Å². The summed E-state index contributed by atoms with van der Waals surface area (Å²) in [7, 11) is 0. The Hall–Kier alpha value is -2.97. The number of carbonyl (C=O) groups excluding carboxylic acids is 1. The summed E-state index contributed by atoms with van der Waals surface area (Å²) < 4.78 is 5.87. The number of anilines is 1. The molecule has 1 amide bonds. The van der Waals surface area contributed by atoms with Crippen LogP contribution < -0.4 is 5.32 Å². The van der Waals surface area contributed by atoms with Crippen LogP contribution in [0.25, 0.3) is 0 Å². The van der Waals surface area contributed by atoms with Crippen LogP contribution in [0.5, 0.6) is 0 Å². The number of non-ortho nitro benzene ring substituents is 1. The summed E-state index contributed by atoms with van der Waals surface area (Å²) in [5.41, 5.74) is 1.51. The van der Waals surface area contributed by atoms with Crippen LogP contribution in [-0.4, -0.2) is 22.3 Å². The molecule has 1 aromatic heterocycles. The Morgan fingerprint density at radius 1 is 1.11 bits per heavy atom. The first-order valence-electron chi connectivity index (χ1n) is 8.54. The van der Waals surface area contributed by atoms with Gasteiger partial charge in [0, 0.05) is 23.2 Å². The van der Waals surface area contributed by atoms with Gasteiger partial charge in [0.2, 0.25) is 5.91 Å². The zero-order valence-corrected chi connectivity index (χ0v) is 16.5. The number of furan rings is 1. The van der Waals surface area contributed by atoms with Gasteiger partial charge in [-0.2, -0.15) is 0 Å². The van der Waals surface area contributed by atoms with Gasteiger partial charge in [0.25, 0.3) is 5.69 Å². The fourth-order valence-corrected chi connectivity index (χ4v) is 3.21. The van der Waals surface area contributed by atoms with E-state index in [0.29, 0.717) is 23.2 Å². The highest BCUT2D eigenvalue weighted by Gasteiger charge is 2.16. The molecule has 144 valence electrons. The first-order chi connectivity index (χ1) is 13.5. The molecular weight excluding hydrogens is 426 g/mol. The average molecular weight is 444 g/mol. The van der Waals surface area contributed by atoms with Crippen molar-refractivity contribution < 1.29 is 14.1 Å². The first kappa shape index (κ1) is 19.8. The number of amides is 1. The summed E-state index contributed by atoms with van der Waals surface area (Å²) >= 11 is 3.26. The van der Waals surface area contributed by atoms with Crippen LogP contribution in [0, 0.1) is 10.1 Å². The fourth-order valence-electron chi connectivity index (χ4n) is 2.74. The van der Waals surface area contributed by atoms with Crippen LogP contribution in [0.4, 0.5) is 11.4 Å². The predicted molar refractivity (Wildman–Crippen MR) is 109 cm³/mol.